The number of hydrogen-bond donors (Lipinski definition) is 0. The van der Waals surface area contributed by atoms with Gasteiger partial charge >= 0.3 is 0 Å². The molecule has 2 unspecified atom stereocenters. The maximum atomic E-state index is 12.6. The first kappa shape index (κ1) is 15.7. The van der Waals surface area contributed by atoms with Crippen LogP contribution >= 0.6 is 0 Å². The highest BCUT2D eigenvalue weighted by molar-refractivity contribution is 5.81. The van der Waals surface area contributed by atoms with Gasteiger partial charge in [0.2, 0.25) is 0 Å². The van der Waals surface area contributed by atoms with Crippen LogP contribution in [0.2, 0.25) is 0 Å². The summed E-state index contributed by atoms with van der Waals surface area (Å²) in [4.78, 5) is 14.6. The quantitative estimate of drug-likeness (QED) is 0.836. The lowest BCUT2D eigenvalue weighted by atomic mass is 9.99. The van der Waals surface area contributed by atoms with E-state index in [0.717, 1.165) is 31.6 Å². The third-order valence-electron chi connectivity index (χ3n) is 4.08. The van der Waals surface area contributed by atoms with Crippen molar-refractivity contribution in [1.82, 2.24) is 4.90 Å². The SMILES string of the molecule is CCC1CCCCN1C(=O)C(C)Oc1cccc(OC)c1. The second-order valence-electron chi connectivity index (χ2n) is 5.53. The van der Waals surface area contributed by atoms with E-state index in [2.05, 4.69) is 6.92 Å². The predicted octanol–water partition coefficient (Wildman–Crippen LogP) is 3.25. The minimum absolute atomic E-state index is 0.0874. The third-order valence-corrected chi connectivity index (χ3v) is 4.08. The molecule has 4 nitrogen and oxygen atoms in total. The molecule has 0 radical (unpaired) electrons. The first-order chi connectivity index (χ1) is 10.2. The Morgan fingerprint density at radius 1 is 1.38 bits per heavy atom. The maximum Gasteiger partial charge on any atom is 0.263 e. The zero-order valence-corrected chi connectivity index (χ0v) is 13.2. The summed E-state index contributed by atoms with van der Waals surface area (Å²) in [7, 11) is 1.62. The van der Waals surface area contributed by atoms with Gasteiger partial charge in [0.25, 0.3) is 5.91 Å². The topological polar surface area (TPSA) is 38.8 Å². The van der Waals surface area contributed by atoms with Crippen molar-refractivity contribution >= 4 is 5.91 Å². The van der Waals surface area contributed by atoms with E-state index in [0.29, 0.717) is 11.8 Å². The number of carbonyl (C=O) groups is 1. The standard InChI is InChI=1S/C17H25NO3/c1-4-14-8-5-6-11-18(14)17(19)13(2)21-16-10-7-9-15(12-16)20-3/h7,9-10,12-14H,4-6,8,11H2,1-3H3. The number of carbonyl (C=O) groups excluding carboxylic acids is 1. The lowest BCUT2D eigenvalue weighted by Gasteiger charge is -2.36. The average Bonchev–Trinajstić information content (AvgIpc) is 2.54. The molecule has 2 atom stereocenters. The minimum atomic E-state index is -0.468. The molecule has 0 N–H and O–H groups in total. The summed E-state index contributed by atoms with van der Waals surface area (Å²) in [6, 6.07) is 7.73. The van der Waals surface area contributed by atoms with Crippen LogP contribution < -0.4 is 9.47 Å². The Morgan fingerprint density at radius 3 is 2.86 bits per heavy atom. The lowest BCUT2D eigenvalue weighted by molar-refractivity contribution is -0.141. The summed E-state index contributed by atoms with van der Waals surface area (Å²) in [5.74, 6) is 1.49. The second-order valence-corrected chi connectivity index (χ2v) is 5.53. The molecule has 116 valence electrons. The highest BCUT2D eigenvalue weighted by Crippen LogP contribution is 2.23. The highest BCUT2D eigenvalue weighted by Gasteiger charge is 2.29. The number of amides is 1. The van der Waals surface area contributed by atoms with E-state index in [-0.39, 0.29) is 5.91 Å². The molecule has 0 aliphatic carbocycles. The van der Waals surface area contributed by atoms with Gasteiger partial charge in [-0.05, 0) is 44.7 Å². The van der Waals surface area contributed by atoms with Crippen molar-refractivity contribution in [3.63, 3.8) is 0 Å². The van der Waals surface area contributed by atoms with Crippen molar-refractivity contribution in [2.24, 2.45) is 0 Å². The Bertz CT molecular complexity index is 475. The van der Waals surface area contributed by atoms with Crippen molar-refractivity contribution in [3.05, 3.63) is 24.3 Å². The van der Waals surface area contributed by atoms with E-state index in [9.17, 15) is 4.79 Å². The largest absolute Gasteiger partial charge is 0.497 e. The van der Waals surface area contributed by atoms with E-state index in [4.69, 9.17) is 9.47 Å². The van der Waals surface area contributed by atoms with Crippen molar-refractivity contribution in [3.8, 4) is 11.5 Å². The summed E-state index contributed by atoms with van der Waals surface area (Å²) in [5.41, 5.74) is 0. The molecule has 1 aliphatic heterocycles. The molecular formula is C17H25NO3. The van der Waals surface area contributed by atoms with Gasteiger partial charge in [-0.3, -0.25) is 4.79 Å². The molecule has 2 rings (SSSR count). The molecule has 0 aromatic heterocycles. The fourth-order valence-corrected chi connectivity index (χ4v) is 2.88. The van der Waals surface area contributed by atoms with Crippen LogP contribution in [0.25, 0.3) is 0 Å². The number of piperidine rings is 1. The number of nitrogens with zero attached hydrogens (tertiary/aromatic N) is 1. The highest BCUT2D eigenvalue weighted by atomic mass is 16.5. The zero-order chi connectivity index (χ0) is 15.2. The molecule has 1 aliphatic rings. The molecule has 1 fully saturated rings. The summed E-state index contributed by atoms with van der Waals surface area (Å²) < 4.78 is 11.0. The van der Waals surface area contributed by atoms with Gasteiger partial charge in [0.05, 0.1) is 7.11 Å². The normalized spacial score (nSPS) is 20.0. The molecule has 1 heterocycles. The average molecular weight is 291 g/mol. The Morgan fingerprint density at radius 2 is 2.14 bits per heavy atom. The van der Waals surface area contributed by atoms with Crippen LogP contribution in [-0.2, 0) is 4.79 Å². The van der Waals surface area contributed by atoms with Gasteiger partial charge in [-0.15, -0.1) is 0 Å². The Kier molecular flexibility index (Phi) is 5.48. The van der Waals surface area contributed by atoms with Gasteiger partial charge < -0.3 is 14.4 Å². The summed E-state index contributed by atoms with van der Waals surface area (Å²) >= 11 is 0. The number of benzene rings is 1. The first-order valence-corrected chi connectivity index (χ1v) is 7.77. The van der Waals surface area contributed by atoms with Gasteiger partial charge in [0, 0.05) is 18.7 Å². The Labute approximate surface area is 127 Å². The maximum absolute atomic E-state index is 12.6. The first-order valence-electron chi connectivity index (χ1n) is 7.77. The molecule has 0 saturated carbocycles. The van der Waals surface area contributed by atoms with Gasteiger partial charge in [0.1, 0.15) is 11.5 Å². The van der Waals surface area contributed by atoms with Gasteiger partial charge in [-0.25, -0.2) is 0 Å². The van der Waals surface area contributed by atoms with E-state index in [1.165, 1.54) is 6.42 Å². The van der Waals surface area contributed by atoms with Gasteiger partial charge in [0.15, 0.2) is 6.10 Å². The number of hydrogen-bond acceptors (Lipinski definition) is 3. The van der Waals surface area contributed by atoms with Gasteiger partial charge in [-0.1, -0.05) is 13.0 Å². The van der Waals surface area contributed by atoms with Crippen LogP contribution in [-0.4, -0.2) is 36.6 Å². The second kappa shape index (κ2) is 7.34. The molecule has 0 spiro atoms. The number of ether oxygens (including phenoxy) is 2. The third kappa shape index (κ3) is 3.90. The molecule has 1 aromatic rings. The van der Waals surface area contributed by atoms with Gasteiger partial charge in [-0.2, -0.15) is 0 Å². The molecular weight excluding hydrogens is 266 g/mol. The van der Waals surface area contributed by atoms with Crippen LogP contribution in [0, 0.1) is 0 Å². The molecule has 1 aromatic carbocycles. The lowest BCUT2D eigenvalue weighted by Crippen LogP contribution is -2.48. The Hall–Kier alpha value is -1.71. The van der Waals surface area contributed by atoms with Crippen molar-refractivity contribution in [2.45, 2.75) is 51.7 Å². The predicted molar refractivity (Wildman–Crippen MR) is 82.7 cm³/mol. The van der Waals surface area contributed by atoms with Crippen LogP contribution in [0.4, 0.5) is 0 Å². The van der Waals surface area contributed by atoms with Crippen LogP contribution in [0.5, 0.6) is 11.5 Å². The van der Waals surface area contributed by atoms with E-state index < -0.39 is 6.10 Å². The fraction of sp³-hybridized carbons (Fsp3) is 0.588. The van der Waals surface area contributed by atoms with Crippen LogP contribution in [0.15, 0.2) is 24.3 Å². The molecule has 4 heteroatoms. The van der Waals surface area contributed by atoms with Crippen molar-refractivity contribution in [1.29, 1.82) is 0 Å². The van der Waals surface area contributed by atoms with Crippen molar-refractivity contribution in [2.75, 3.05) is 13.7 Å². The smallest absolute Gasteiger partial charge is 0.263 e. The fourth-order valence-electron chi connectivity index (χ4n) is 2.88. The molecule has 0 bridgehead atoms. The van der Waals surface area contributed by atoms with Crippen LogP contribution in [0.1, 0.15) is 39.5 Å². The molecule has 1 amide bonds. The number of methoxy groups -OCH3 is 1. The molecule has 21 heavy (non-hydrogen) atoms. The summed E-state index contributed by atoms with van der Waals surface area (Å²) in [6.07, 6.45) is 3.96. The summed E-state index contributed by atoms with van der Waals surface area (Å²) in [5, 5.41) is 0. The van der Waals surface area contributed by atoms with Crippen molar-refractivity contribution < 1.29 is 14.3 Å². The van der Waals surface area contributed by atoms with E-state index in [1.807, 2.05) is 30.0 Å². The summed E-state index contributed by atoms with van der Waals surface area (Å²) in [6.45, 7) is 4.82. The monoisotopic (exact) mass is 291 g/mol. The minimum Gasteiger partial charge on any atom is -0.497 e. The zero-order valence-electron chi connectivity index (χ0n) is 13.2. The van der Waals surface area contributed by atoms with E-state index in [1.54, 1.807) is 13.2 Å². The van der Waals surface area contributed by atoms with Crippen LogP contribution in [0.3, 0.4) is 0 Å². The number of rotatable bonds is 5. The number of likely N-dealkylation sites (tertiary alicyclic amines) is 1. The molecule has 1 saturated heterocycles. The Balaban J connectivity index is 2.01. The van der Waals surface area contributed by atoms with E-state index >= 15 is 0 Å².